The number of ketones is 4. The molecule has 0 aliphatic rings. The van der Waals surface area contributed by atoms with Gasteiger partial charge in [0.15, 0.2) is 0 Å². The smallest absolute Gasteiger partial charge is 0.311 e. The van der Waals surface area contributed by atoms with Crippen LogP contribution in [0.3, 0.4) is 0 Å². The summed E-state index contributed by atoms with van der Waals surface area (Å²) in [5, 5.41) is 45.0. The largest absolute Gasteiger partial charge is 0.481 e. The normalized spacial score (nSPS) is 14.7. The highest BCUT2D eigenvalue weighted by molar-refractivity contribution is 5.82. The zero-order chi connectivity index (χ0) is 50.0. The number of carbonyl (C=O) groups excluding carboxylic acids is 4. The molecule has 0 aliphatic carbocycles. The van der Waals surface area contributed by atoms with Crippen LogP contribution in [0.1, 0.15) is 217 Å². The molecule has 366 valence electrons. The Labute approximate surface area is 376 Å². The highest BCUT2D eigenvalue weighted by atomic mass is 16.4. The van der Waals surface area contributed by atoms with Gasteiger partial charge in [0.1, 0.15) is 23.1 Å². The van der Waals surface area contributed by atoms with E-state index in [-0.39, 0.29) is 66.1 Å². The van der Waals surface area contributed by atoms with Gasteiger partial charge >= 0.3 is 5.97 Å². The van der Waals surface area contributed by atoms with E-state index >= 15 is 0 Å². The van der Waals surface area contributed by atoms with E-state index in [1.165, 1.54) is 6.92 Å². The summed E-state index contributed by atoms with van der Waals surface area (Å²) in [5.74, 6) is 0.396. The molecule has 10 heteroatoms. The summed E-state index contributed by atoms with van der Waals surface area (Å²) in [6.07, 6.45) is 8.38. The first kappa shape index (κ1) is 68.1. The molecule has 0 aliphatic heterocycles. The lowest BCUT2D eigenvalue weighted by molar-refractivity contribution is -0.151. The average molecular weight is 875 g/mol. The molecule has 0 bridgehead atoms. The quantitative estimate of drug-likeness (QED) is 0.0836. The molecule has 10 nitrogen and oxygen atoms in total. The zero-order valence-corrected chi connectivity index (χ0v) is 43.9. The third-order valence-corrected chi connectivity index (χ3v) is 11.5. The van der Waals surface area contributed by atoms with E-state index in [0.717, 1.165) is 51.4 Å². The van der Waals surface area contributed by atoms with Crippen LogP contribution in [-0.2, 0) is 24.0 Å². The minimum Gasteiger partial charge on any atom is -0.481 e. The van der Waals surface area contributed by atoms with Crippen molar-refractivity contribution in [2.24, 2.45) is 55.7 Å². The Balaban J connectivity index is -0.000000215. The Morgan fingerprint density at radius 2 is 0.852 bits per heavy atom. The van der Waals surface area contributed by atoms with Gasteiger partial charge in [0.05, 0.1) is 37.3 Å². The maximum atomic E-state index is 11.3. The predicted molar refractivity (Wildman–Crippen MR) is 255 cm³/mol. The fourth-order valence-electron chi connectivity index (χ4n) is 4.86. The first-order chi connectivity index (χ1) is 27.0. The van der Waals surface area contributed by atoms with Crippen molar-refractivity contribution >= 4 is 29.1 Å². The molecule has 0 fully saturated rings. The molecule has 5 N–H and O–H groups in total. The number of hydrogen-bond acceptors (Lipinski definition) is 9. The van der Waals surface area contributed by atoms with Gasteiger partial charge in [-0.2, -0.15) is 0 Å². The van der Waals surface area contributed by atoms with E-state index in [9.17, 15) is 24.0 Å². The molecule has 4 unspecified atom stereocenters. The maximum Gasteiger partial charge on any atom is 0.311 e. The van der Waals surface area contributed by atoms with Gasteiger partial charge in [0.25, 0.3) is 0 Å². The molecule has 0 aromatic heterocycles. The van der Waals surface area contributed by atoms with E-state index in [1.807, 2.05) is 6.92 Å². The van der Waals surface area contributed by atoms with Crippen molar-refractivity contribution in [1.29, 1.82) is 0 Å². The van der Waals surface area contributed by atoms with Crippen LogP contribution < -0.4 is 0 Å². The van der Waals surface area contributed by atoms with Gasteiger partial charge in [-0.05, 0) is 125 Å². The van der Waals surface area contributed by atoms with Gasteiger partial charge in [-0.3, -0.25) is 19.2 Å². The first-order valence-corrected chi connectivity index (χ1v) is 22.7. The van der Waals surface area contributed by atoms with Crippen molar-refractivity contribution in [3.8, 4) is 0 Å². The Morgan fingerprint density at radius 1 is 0.475 bits per heavy atom. The molecule has 0 heterocycles. The summed E-state index contributed by atoms with van der Waals surface area (Å²) >= 11 is 0. The van der Waals surface area contributed by atoms with Crippen LogP contribution in [0.15, 0.2) is 0 Å². The van der Waals surface area contributed by atoms with Crippen LogP contribution in [0.2, 0.25) is 0 Å². The van der Waals surface area contributed by atoms with Gasteiger partial charge < -0.3 is 30.3 Å². The third kappa shape index (κ3) is 41.7. The van der Waals surface area contributed by atoms with Crippen molar-refractivity contribution in [1.82, 2.24) is 0 Å². The molecule has 0 rings (SSSR count). The number of aliphatic carboxylic acids is 1. The Kier molecular flexibility index (Phi) is 34.5. The van der Waals surface area contributed by atoms with E-state index in [2.05, 4.69) is 111 Å². The predicted octanol–water partition coefficient (Wildman–Crippen LogP) is 11.4. The number of Topliss-reactive ketones (excluding diaryl/α,β-unsaturated/α-hetero) is 4. The summed E-state index contributed by atoms with van der Waals surface area (Å²) in [7, 11) is 0. The SMILES string of the molecule is CC(=O)C(C)CCC(C)(C)C.CC(=O)C(CO)(CO)CCC(C)(C)C.CC(=O)C(CO)CCC(C)(C)C.CC(=O)CCC(C)C(C)(C)C.CC(C)(C)CCC(C)(CO)C(=O)O. The highest BCUT2D eigenvalue weighted by Gasteiger charge is 2.35. The zero-order valence-electron chi connectivity index (χ0n) is 43.9. The van der Waals surface area contributed by atoms with E-state index in [1.54, 1.807) is 27.7 Å². The van der Waals surface area contributed by atoms with E-state index in [0.29, 0.717) is 41.2 Å². The van der Waals surface area contributed by atoms with Crippen LogP contribution in [-0.4, -0.2) is 81.1 Å². The molecule has 61 heavy (non-hydrogen) atoms. The van der Waals surface area contributed by atoms with Crippen LogP contribution in [0.5, 0.6) is 0 Å². The minimum absolute atomic E-state index is 0.00852. The fraction of sp³-hybridized carbons (Fsp3) is 0.902. The third-order valence-electron chi connectivity index (χ3n) is 11.5. The second kappa shape index (κ2) is 31.0. The van der Waals surface area contributed by atoms with Crippen LogP contribution >= 0.6 is 0 Å². The first-order valence-electron chi connectivity index (χ1n) is 22.7. The Hall–Kier alpha value is -2.01. The van der Waals surface area contributed by atoms with E-state index < -0.39 is 16.8 Å². The Bertz CT molecular complexity index is 1210. The number of carboxylic acid groups (broad SMARTS) is 1. The molecule has 0 saturated heterocycles. The second-order valence-electron chi connectivity index (χ2n) is 24.0. The molecular weight excluding hydrogens is 773 g/mol. The van der Waals surface area contributed by atoms with Gasteiger partial charge in [-0.25, -0.2) is 0 Å². The molecule has 0 radical (unpaired) electrons. The summed E-state index contributed by atoms with van der Waals surface area (Å²) in [6, 6.07) is 0. The number of hydrogen-bond donors (Lipinski definition) is 5. The fourth-order valence-corrected chi connectivity index (χ4v) is 4.86. The molecule has 4 atom stereocenters. The topological polar surface area (TPSA) is 186 Å². The summed E-state index contributed by atoms with van der Waals surface area (Å²) in [5.41, 5.74) is -0.723. The Morgan fingerprint density at radius 3 is 1.10 bits per heavy atom. The van der Waals surface area contributed by atoms with Crippen molar-refractivity contribution in [3.63, 3.8) is 0 Å². The summed E-state index contributed by atoms with van der Waals surface area (Å²) in [4.78, 5) is 54.6. The number of aliphatic hydroxyl groups is 4. The average Bonchev–Trinajstić information content (AvgIpc) is 3.08. The molecule has 0 amide bonds. The summed E-state index contributed by atoms with van der Waals surface area (Å²) < 4.78 is 0. The summed E-state index contributed by atoms with van der Waals surface area (Å²) in [6.45, 7) is 43.4. The van der Waals surface area contributed by atoms with Crippen molar-refractivity contribution in [2.45, 2.75) is 217 Å². The lowest BCUT2D eigenvalue weighted by Gasteiger charge is -2.30. The number of rotatable bonds is 19. The second-order valence-corrected chi connectivity index (χ2v) is 24.0. The maximum absolute atomic E-state index is 11.3. The standard InChI is InChI=1S/C11H22O3.C10H20O3.C10H20O2.2C10H20O/c1-9(14)11(7-12,8-13)6-5-10(2,3)4;1-9(2,3)5-6-10(4,7-11)8(12)13;1-8(12)9(7-11)5-6-10(2,3)4;1-8(9(2)11)6-7-10(3,4)5;1-8(10(3,4)5)6-7-9(2)11/h12-13H,5-8H2,1-4H3;11H,5-7H2,1-4H3,(H,12,13);9,11H,5-7H2,1-4H3;2*8H,6-7H2,1-5H3. The lowest BCUT2D eigenvalue weighted by Crippen LogP contribution is -2.38. The van der Waals surface area contributed by atoms with Gasteiger partial charge in [0, 0.05) is 18.3 Å². The van der Waals surface area contributed by atoms with Crippen molar-refractivity contribution in [2.75, 3.05) is 26.4 Å². The monoisotopic (exact) mass is 875 g/mol. The lowest BCUT2D eigenvalue weighted by atomic mass is 9.76. The van der Waals surface area contributed by atoms with E-state index in [4.69, 9.17) is 25.5 Å². The number of carbonyl (C=O) groups is 5. The van der Waals surface area contributed by atoms with Gasteiger partial charge in [-0.1, -0.05) is 118 Å². The molecule has 0 saturated carbocycles. The van der Waals surface area contributed by atoms with Crippen molar-refractivity contribution < 1.29 is 49.5 Å². The van der Waals surface area contributed by atoms with Gasteiger partial charge in [-0.15, -0.1) is 0 Å². The van der Waals surface area contributed by atoms with Gasteiger partial charge in [0.2, 0.25) is 0 Å². The molecule has 0 aromatic carbocycles. The minimum atomic E-state index is -0.979. The van der Waals surface area contributed by atoms with Crippen LogP contribution in [0.25, 0.3) is 0 Å². The molecule has 0 spiro atoms. The van der Waals surface area contributed by atoms with Crippen molar-refractivity contribution in [3.05, 3.63) is 0 Å². The van der Waals surface area contributed by atoms with Crippen LogP contribution in [0, 0.1) is 55.7 Å². The molecule has 0 aromatic rings. The number of aliphatic hydroxyl groups excluding tert-OH is 4. The molecular formula is C51H102O10. The van der Waals surface area contributed by atoms with Crippen LogP contribution in [0.4, 0.5) is 0 Å². The number of carboxylic acids is 1. The highest BCUT2D eigenvalue weighted by Crippen LogP contribution is 2.32.